The van der Waals surface area contributed by atoms with Crippen LogP contribution < -0.4 is 5.32 Å². The van der Waals surface area contributed by atoms with Gasteiger partial charge in [0.25, 0.3) is 0 Å². The third kappa shape index (κ3) is 2.90. The van der Waals surface area contributed by atoms with E-state index in [4.69, 9.17) is 4.74 Å². The van der Waals surface area contributed by atoms with Crippen LogP contribution in [0.1, 0.15) is 12.8 Å². The molecule has 0 aliphatic carbocycles. The van der Waals surface area contributed by atoms with Gasteiger partial charge in [0, 0.05) is 32.5 Å². The summed E-state index contributed by atoms with van der Waals surface area (Å²) in [5.74, 6) is 2.52. The molecule has 4 nitrogen and oxygen atoms in total. The van der Waals surface area contributed by atoms with Crippen LogP contribution in [0.3, 0.4) is 0 Å². The summed E-state index contributed by atoms with van der Waals surface area (Å²) < 4.78 is 5.27. The van der Waals surface area contributed by atoms with Gasteiger partial charge in [-0.3, -0.25) is 4.79 Å². The molecule has 2 aliphatic rings. The van der Waals surface area contributed by atoms with Crippen LogP contribution >= 0.6 is 11.8 Å². The zero-order chi connectivity index (χ0) is 11.4. The Morgan fingerprint density at radius 3 is 3.06 bits per heavy atom. The molecule has 0 saturated carbocycles. The van der Waals surface area contributed by atoms with E-state index in [1.54, 1.807) is 7.11 Å². The predicted molar refractivity (Wildman–Crippen MR) is 65.7 cm³/mol. The first-order chi connectivity index (χ1) is 7.81. The maximum Gasteiger partial charge on any atom is 0.239 e. The molecule has 1 amide bonds. The molecular weight excluding hydrogens is 224 g/mol. The number of methoxy groups -OCH3 is 1. The highest BCUT2D eigenvalue weighted by Gasteiger charge is 2.32. The van der Waals surface area contributed by atoms with Gasteiger partial charge in [-0.2, -0.15) is 11.8 Å². The molecule has 2 heterocycles. The maximum absolute atomic E-state index is 12.2. The largest absolute Gasteiger partial charge is 0.380 e. The van der Waals surface area contributed by atoms with Crippen molar-refractivity contribution >= 4 is 17.7 Å². The van der Waals surface area contributed by atoms with Crippen molar-refractivity contribution in [1.29, 1.82) is 0 Å². The first-order valence-electron chi connectivity index (χ1n) is 5.94. The Morgan fingerprint density at radius 1 is 1.44 bits per heavy atom. The van der Waals surface area contributed by atoms with Gasteiger partial charge in [-0.05, 0) is 18.6 Å². The van der Waals surface area contributed by atoms with Gasteiger partial charge in [0.15, 0.2) is 0 Å². The van der Waals surface area contributed by atoms with E-state index in [1.165, 1.54) is 5.75 Å². The predicted octanol–water partition coefficient (Wildman–Crippen LogP) is 0.329. The van der Waals surface area contributed by atoms with E-state index >= 15 is 0 Å². The number of hydrogen-bond acceptors (Lipinski definition) is 4. The highest BCUT2D eigenvalue weighted by molar-refractivity contribution is 7.99. The lowest BCUT2D eigenvalue weighted by atomic mass is 10.1. The molecule has 2 fully saturated rings. The Labute approximate surface area is 101 Å². The van der Waals surface area contributed by atoms with Crippen molar-refractivity contribution in [1.82, 2.24) is 10.2 Å². The number of rotatable bonds is 2. The minimum atomic E-state index is -0.0203. The first-order valence-corrected chi connectivity index (χ1v) is 7.09. The smallest absolute Gasteiger partial charge is 0.239 e. The number of ether oxygens (including phenoxy) is 1. The molecule has 5 heteroatoms. The SMILES string of the molecule is COC1CNC(C(=O)N2CCCSCC2)C1. The number of nitrogens with one attached hydrogen (secondary N) is 1. The van der Waals surface area contributed by atoms with E-state index < -0.39 is 0 Å². The van der Waals surface area contributed by atoms with Crippen LogP contribution in [-0.2, 0) is 9.53 Å². The van der Waals surface area contributed by atoms with Crippen molar-refractivity contribution in [3.05, 3.63) is 0 Å². The van der Waals surface area contributed by atoms with Crippen LogP contribution in [0, 0.1) is 0 Å². The highest BCUT2D eigenvalue weighted by atomic mass is 32.2. The van der Waals surface area contributed by atoms with E-state index in [9.17, 15) is 4.79 Å². The second-order valence-corrected chi connectivity index (χ2v) is 5.57. The average Bonchev–Trinajstić information content (AvgIpc) is 2.62. The number of carbonyl (C=O) groups excluding carboxylic acids is 1. The molecule has 0 spiro atoms. The van der Waals surface area contributed by atoms with Gasteiger partial charge in [0.05, 0.1) is 12.1 Å². The zero-order valence-electron chi connectivity index (χ0n) is 9.78. The lowest BCUT2D eigenvalue weighted by molar-refractivity contribution is -0.133. The van der Waals surface area contributed by atoms with Crippen molar-refractivity contribution in [2.45, 2.75) is 25.0 Å². The van der Waals surface area contributed by atoms with Gasteiger partial charge in [-0.1, -0.05) is 0 Å². The summed E-state index contributed by atoms with van der Waals surface area (Å²) in [5, 5.41) is 3.25. The fourth-order valence-electron chi connectivity index (χ4n) is 2.26. The number of thioether (sulfide) groups is 1. The summed E-state index contributed by atoms with van der Waals surface area (Å²) in [4.78, 5) is 14.2. The Hall–Kier alpha value is -0.260. The minimum absolute atomic E-state index is 0.0203. The van der Waals surface area contributed by atoms with Crippen molar-refractivity contribution in [2.24, 2.45) is 0 Å². The van der Waals surface area contributed by atoms with Crippen LogP contribution in [0.2, 0.25) is 0 Å². The van der Waals surface area contributed by atoms with Crippen LogP contribution in [0.4, 0.5) is 0 Å². The number of hydrogen-bond donors (Lipinski definition) is 1. The standard InChI is InChI=1S/C11H20N2O2S/c1-15-9-7-10(12-8-9)11(14)13-3-2-5-16-6-4-13/h9-10,12H,2-8H2,1H3. The van der Waals surface area contributed by atoms with E-state index in [1.807, 2.05) is 16.7 Å². The molecule has 0 radical (unpaired) electrons. The number of amides is 1. The second kappa shape index (κ2) is 5.89. The monoisotopic (exact) mass is 244 g/mol. The molecule has 1 N–H and O–H groups in total. The summed E-state index contributed by atoms with van der Waals surface area (Å²) >= 11 is 1.95. The molecule has 0 bridgehead atoms. The zero-order valence-corrected chi connectivity index (χ0v) is 10.6. The van der Waals surface area contributed by atoms with E-state index in [0.29, 0.717) is 0 Å². The Kier molecular flexibility index (Phi) is 4.49. The Balaban J connectivity index is 1.86. The molecule has 2 unspecified atom stereocenters. The molecule has 2 aliphatic heterocycles. The Morgan fingerprint density at radius 2 is 2.31 bits per heavy atom. The maximum atomic E-state index is 12.2. The van der Waals surface area contributed by atoms with Gasteiger partial charge in [-0.15, -0.1) is 0 Å². The first kappa shape index (κ1) is 12.2. The summed E-state index contributed by atoms with van der Waals surface area (Å²) in [6, 6.07) is -0.0203. The van der Waals surface area contributed by atoms with Crippen molar-refractivity contribution in [3.63, 3.8) is 0 Å². The average molecular weight is 244 g/mol. The fraction of sp³-hybridized carbons (Fsp3) is 0.909. The van der Waals surface area contributed by atoms with E-state index in [2.05, 4.69) is 5.32 Å². The van der Waals surface area contributed by atoms with Gasteiger partial charge in [0.2, 0.25) is 5.91 Å². The van der Waals surface area contributed by atoms with E-state index in [-0.39, 0.29) is 18.1 Å². The summed E-state index contributed by atoms with van der Waals surface area (Å²) in [6.45, 7) is 2.62. The molecule has 0 aromatic heterocycles. The fourth-order valence-corrected chi connectivity index (χ4v) is 3.14. The summed E-state index contributed by atoms with van der Waals surface area (Å²) in [5.41, 5.74) is 0. The molecular formula is C11H20N2O2S. The van der Waals surface area contributed by atoms with Gasteiger partial charge >= 0.3 is 0 Å². The van der Waals surface area contributed by atoms with Crippen molar-refractivity contribution < 1.29 is 9.53 Å². The quantitative estimate of drug-likeness (QED) is 0.760. The summed E-state index contributed by atoms with van der Waals surface area (Å²) in [6.07, 6.45) is 2.14. The van der Waals surface area contributed by atoms with Crippen LogP contribution in [-0.4, -0.2) is 61.2 Å². The normalized spacial score (nSPS) is 31.4. The van der Waals surface area contributed by atoms with Gasteiger partial charge in [0.1, 0.15) is 0 Å². The highest BCUT2D eigenvalue weighted by Crippen LogP contribution is 2.15. The van der Waals surface area contributed by atoms with Crippen molar-refractivity contribution in [3.8, 4) is 0 Å². The number of nitrogens with zero attached hydrogens (tertiary/aromatic N) is 1. The molecule has 2 saturated heterocycles. The molecule has 16 heavy (non-hydrogen) atoms. The third-order valence-corrected chi connectivity index (χ3v) is 4.30. The van der Waals surface area contributed by atoms with Crippen LogP contribution in [0.15, 0.2) is 0 Å². The molecule has 92 valence electrons. The summed E-state index contributed by atoms with van der Waals surface area (Å²) in [7, 11) is 1.71. The molecule has 2 rings (SSSR count). The van der Waals surface area contributed by atoms with Crippen LogP contribution in [0.5, 0.6) is 0 Å². The lowest BCUT2D eigenvalue weighted by Crippen LogP contribution is -2.44. The van der Waals surface area contributed by atoms with Gasteiger partial charge in [-0.25, -0.2) is 0 Å². The van der Waals surface area contributed by atoms with Gasteiger partial charge < -0.3 is 15.0 Å². The van der Waals surface area contributed by atoms with E-state index in [0.717, 1.165) is 38.2 Å². The minimum Gasteiger partial charge on any atom is -0.380 e. The number of carbonyl (C=O) groups is 1. The topological polar surface area (TPSA) is 41.6 Å². The molecule has 0 aromatic rings. The molecule has 0 aromatic carbocycles. The third-order valence-electron chi connectivity index (χ3n) is 3.26. The Bertz CT molecular complexity index is 242. The van der Waals surface area contributed by atoms with Crippen molar-refractivity contribution in [2.75, 3.05) is 38.2 Å². The second-order valence-electron chi connectivity index (χ2n) is 4.35. The van der Waals surface area contributed by atoms with Crippen LogP contribution in [0.25, 0.3) is 0 Å². The lowest BCUT2D eigenvalue weighted by Gasteiger charge is -2.23. The molecule has 2 atom stereocenters.